The second-order valence-corrected chi connectivity index (χ2v) is 7.16. The zero-order valence-electron chi connectivity index (χ0n) is 14.6. The topological polar surface area (TPSA) is 69.8 Å². The van der Waals surface area contributed by atoms with Crippen molar-refractivity contribution < 1.29 is 4.79 Å². The average molecular weight is 328 g/mol. The summed E-state index contributed by atoms with van der Waals surface area (Å²) in [5.41, 5.74) is 1.96. The fraction of sp³-hybridized carbons (Fsp3) is 0.579. The first-order chi connectivity index (χ1) is 11.6. The van der Waals surface area contributed by atoms with Crippen LogP contribution in [0.3, 0.4) is 0 Å². The predicted octanol–water partition coefficient (Wildman–Crippen LogP) is 3.16. The van der Waals surface area contributed by atoms with E-state index in [1.54, 1.807) is 0 Å². The first kappa shape index (κ1) is 17.0. The Balaban J connectivity index is 1.61. The Morgan fingerprint density at radius 2 is 2.04 bits per heavy atom. The van der Waals surface area contributed by atoms with Crippen LogP contribution in [0.25, 0.3) is 11.0 Å². The maximum Gasteiger partial charge on any atom is 0.220 e. The lowest BCUT2D eigenvalue weighted by atomic mass is 9.93. The number of aromatic amines is 1. The minimum Gasteiger partial charge on any atom is -0.346 e. The third-order valence-corrected chi connectivity index (χ3v) is 4.92. The van der Waals surface area contributed by atoms with Crippen molar-refractivity contribution in [3.8, 4) is 0 Å². The molecule has 5 nitrogen and oxygen atoms in total. The highest BCUT2D eigenvalue weighted by molar-refractivity contribution is 5.77. The number of hydrogen-bond donors (Lipinski definition) is 3. The molecule has 130 valence electrons. The molecule has 3 N–H and O–H groups in total. The molecule has 1 unspecified atom stereocenters. The van der Waals surface area contributed by atoms with E-state index in [0.29, 0.717) is 12.3 Å². The van der Waals surface area contributed by atoms with E-state index in [1.807, 2.05) is 24.3 Å². The second kappa shape index (κ2) is 7.79. The summed E-state index contributed by atoms with van der Waals surface area (Å²) in [6.07, 6.45) is 3.96. The van der Waals surface area contributed by atoms with Gasteiger partial charge in [0, 0.05) is 6.42 Å². The van der Waals surface area contributed by atoms with Gasteiger partial charge in [-0.05, 0) is 56.3 Å². The van der Waals surface area contributed by atoms with Gasteiger partial charge < -0.3 is 15.6 Å². The summed E-state index contributed by atoms with van der Waals surface area (Å²) in [7, 11) is 0. The summed E-state index contributed by atoms with van der Waals surface area (Å²) >= 11 is 0. The molecule has 1 atom stereocenters. The summed E-state index contributed by atoms with van der Waals surface area (Å²) in [4.78, 5) is 20.4. The molecule has 1 aromatic carbocycles. The number of carbonyl (C=O) groups is 1. The van der Waals surface area contributed by atoms with Gasteiger partial charge in [-0.1, -0.05) is 26.0 Å². The number of amides is 1. The normalized spacial score (nSPS) is 17.3. The molecule has 1 amide bonds. The summed E-state index contributed by atoms with van der Waals surface area (Å²) in [6.45, 7) is 6.40. The van der Waals surface area contributed by atoms with Gasteiger partial charge in [0.25, 0.3) is 0 Å². The molecule has 5 heteroatoms. The SMILES string of the molecule is CC(C)C(NC(=O)CCC1CCNCC1)c1nc2ccccc2[nH]1. The molecule has 1 fully saturated rings. The monoisotopic (exact) mass is 328 g/mol. The molecule has 0 saturated carbocycles. The summed E-state index contributed by atoms with van der Waals surface area (Å²) in [6, 6.07) is 7.91. The molecule has 0 bridgehead atoms. The van der Waals surface area contributed by atoms with Crippen LogP contribution in [0.2, 0.25) is 0 Å². The molecule has 1 aliphatic rings. The van der Waals surface area contributed by atoms with E-state index in [2.05, 4.69) is 34.4 Å². The Morgan fingerprint density at radius 3 is 2.75 bits per heavy atom. The Hall–Kier alpha value is -1.88. The smallest absolute Gasteiger partial charge is 0.220 e. The molecule has 1 aliphatic heterocycles. The molecule has 3 rings (SSSR count). The van der Waals surface area contributed by atoms with Gasteiger partial charge in [-0.25, -0.2) is 4.98 Å². The molecule has 2 heterocycles. The zero-order chi connectivity index (χ0) is 16.9. The van der Waals surface area contributed by atoms with E-state index in [0.717, 1.165) is 36.4 Å². The van der Waals surface area contributed by atoms with Crippen LogP contribution >= 0.6 is 0 Å². The van der Waals surface area contributed by atoms with E-state index in [-0.39, 0.29) is 17.9 Å². The average Bonchev–Trinajstić information content (AvgIpc) is 3.02. The van der Waals surface area contributed by atoms with Crippen molar-refractivity contribution in [2.75, 3.05) is 13.1 Å². The van der Waals surface area contributed by atoms with Crippen LogP contribution in [0.15, 0.2) is 24.3 Å². The second-order valence-electron chi connectivity index (χ2n) is 7.16. The molecular weight excluding hydrogens is 300 g/mol. The lowest BCUT2D eigenvalue weighted by Crippen LogP contribution is -2.33. The van der Waals surface area contributed by atoms with Crippen molar-refractivity contribution in [2.45, 2.75) is 45.6 Å². The van der Waals surface area contributed by atoms with Gasteiger partial charge in [-0.2, -0.15) is 0 Å². The van der Waals surface area contributed by atoms with Crippen LogP contribution in [0, 0.1) is 11.8 Å². The molecule has 2 aromatic rings. The van der Waals surface area contributed by atoms with E-state index in [4.69, 9.17) is 0 Å². The number of aromatic nitrogens is 2. The van der Waals surface area contributed by atoms with Crippen LogP contribution in [-0.4, -0.2) is 29.0 Å². The van der Waals surface area contributed by atoms with Crippen LogP contribution in [0.1, 0.15) is 51.4 Å². The summed E-state index contributed by atoms with van der Waals surface area (Å²) in [5, 5.41) is 6.56. The molecule has 0 aliphatic carbocycles. The molecular formula is C19H28N4O. The largest absolute Gasteiger partial charge is 0.346 e. The van der Waals surface area contributed by atoms with Gasteiger partial charge in [0.2, 0.25) is 5.91 Å². The molecule has 24 heavy (non-hydrogen) atoms. The van der Waals surface area contributed by atoms with Gasteiger partial charge in [-0.3, -0.25) is 4.79 Å². The quantitative estimate of drug-likeness (QED) is 0.763. The molecule has 0 radical (unpaired) electrons. The van der Waals surface area contributed by atoms with Crippen molar-refractivity contribution >= 4 is 16.9 Å². The van der Waals surface area contributed by atoms with Crippen molar-refractivity contribution in [3.63, 3.8) is 0 Å². The maximum absolute atomic E-state index is 12.4. The van der Waals surface area contributed by atoms with Crippen molar-refractivity contribution in [2.24, 2.45) is 11.8 Å². The first-order valence-corrected chi connectivity index (χ1v) is 9.08. The third kappa shape index (κ3) is 4.15. The van der Waals surface area contributed by atoms with Gasteiger partial charge in [0.15, 0.2) is 0 Å². The predicted molar refractivity (Wildman–Crippen MR) is 96.6 cm³/mol. The van der Waals surface area contributed by atoms with E-state index >= 15 is 0 Å². The standard InChI is InChI=1S/C19H28N4O/c1-13(2)18(19-21-15-5-3-4-6-16(15)22-19)23-17(24)8-7-14-9-11-20-12-10-14/h3-6,13-14,18,20H,7-12H2,1-2H3,(H,21,22)(H,23,24). The van der Waals surface area contributed by atoms with Crippen molar-refractivity contribution in [3.05, 3.63) is 30.1 Å². The number of carbonyl (C=O) groups excluding carboxylic acids is 1. The van der Waals surface area contributed by atoms with E-state index in [1.165, 1.54) is 12.8 Å². The van der Waals surface area contributed by atoms with Crippen LogP contribution in [-0.2, 0) is 4.79 Å². The third-order valence-electron chi connectivity index (χ3n) is 4.92. The molecule has 1 saturated heterocycles. The minimum absolute atomic E-state index is 0.0714. The lowest BCUT2D eigenvalue weighted by molar-refractivity contribution is -0.122. The number of hydrogen-bond acceptors (Lipinski definition) is 3. The number of nitrogens with one attached hydrogen (secondary N) is 3. The van der Waals surface area contributed by atoms with Crippen molar-refractivity contribution in [1.29, 1.82) is 0 Å². The maximum atomic E-state index is 12.4. The Morgan fingerprint density at radius 1 is 1.29 bits per heavy atom. The van der Waals surface area contributed by atoms with Crippen LogP contribution in [0.5, 0.6) is 0 Å². The number of nitrogens with zero attached hydrogens (tertiary/aromatic N) is 1. The Labute approximate surface area is 143 Å². The first-order valence-electron chi connectivity index (χ1n) is 9.08. The minimum atomic E-state index is -0.0714. The number of piperidine rings is 1. The zero-order valence-corrected chi connectivity index (χ0v) is 14.6. The number of fused-ring (bicyclic) bond motifs is 1. The fourth-order valence-corrected chi connectivity index (χ4v) is 3.42. The van der Waals surface area contributed by atoms with Crippen molar-refractivity contribution in [1.82, 2.24) is 20.6 Å². The highest BCUT2D eigenvalue weighted by atomic mass is 16.1. The number of rotatable bonds is 6. The number of benzene rings is 1. The Kier molecular flexibility index (Phi) is 5.51. The van der Waals surface area contributed by atoms with E-state index in [9.17, 15) is 4.79 Å². The fourth-order valence-electron chi connectivity index (χ4n) is 3.42. The summed E-state index contributed by atoms with van der Waals surface area (Å²) < 4.78 is 0. The highest BCUT2D eigenvalue weighted by Gasteiger charge is 2.22. The molecule has 1 aromatic heterocycles. The lowest BCUT2D eigenvalue weighted by Gasteiger charge is -2.24. The van der Waals surface area contributed by atoms with Gasteiger partial charge in [0.1, 0.15) is 5.82 Å². The summed E-state index contributed by atoms with van der Waals surface area (Å²) in [5.74, 6) is 1.95. The molecule has 0 spiro atoms. The Bertz CT molecular complexity index is 640. The van der Waals surface area contributed by atoms with Gasteiger partial charge in [-0.15, -0.1) is 0 Å². The van der Waals surface area contributed by atoms with E-state index < -0.39 is 0 Å². The number of imidazole rings is 1. The van der Waals surface area contributed by atoms with Crippen LogP contribution in [0.4, 0.5) is 0 Å². The van der Waals surface area contributed by atoms with Gasteiger partial charge in [0.05, 0.1) is 17.1 Å². The van der Waals surface area contributed by atoms with Crippen LogP contribution < -0.4 is 10.6 Å². The number of H-pyrrole nitrogens is 1. The van der Waals surface area contributed by atoms with Gasteiger partial charge >= 0.3 is 0 Å². The highest BCUT2D eigenvalue weighted by Crippen LogP contribution is 2.23. The number of para-hydroxylation sites is 2.